The first-order valence-corrected chi connectivity index (χ1v) is 11.0. The number of hydrazine groups is 1. The van der Waals surface area contributed by atoms with Gasteiger partial charge in [-0.25, -0.2) is 4.98 Å². The number of nitrogens with zero attached hydrogens (tertiary/aromatic N) is 1. The summed E-state index contributed by atoms with van der Waals surface area (Å²) in [6.07, 6.45) is 6.83. The van der Waals surface area contributed by atoms with Crippen LogP contribution >= 0.6 is 11.3 Å². The molecule has 28 heavy (non-hydrogen) atoms. The van der Waals surface area contributed by atoms with E-state index in [-0.39, 0.29) is 17.2 Å². The van der Waals surface area contributed by atoms with Crippen LogP contribution in [-0.2, 0) is 4.79 Å². The summed E-state index contributed by atoms with van der Waals surface area (Å²) in [6, 6.07) is 9.83. The lowest BCUT2D eigenvalue weighted by molar-refractivity contribution is -0.147. The number of nitrogens with one attached hydrogen (secondary N) is 2. The molecule has 0 spiro atoms. The first-order chi connectivity index (χ1) is 13.5. The molecule has 0 saturated heterocycles. The molecule has 4 fully saturated rings. The number of hydrogen-bond acceptors (Lipinski definition) is 4. The molecular weight excluding hydrogens is 370 g/mol. The molecule has 1 aromatic carbocycles. The SMILES string of the molecule is Cc1nc(-c2ccccc2)sc1C(=O)NNC(=O)C12CC3CC(CC(C3)C1)C2. The number of rotatable bonds is 3. The zero-order chi connectivity index (χ0) is 19.3. The number of carbonyl (C=O) groups excluding carboxylic acids is 2. The van der Waals surface area contributed by atoms with E-state index in [0.29, 0.717) is 28.3 Å². The molecule has 4 aliphatic rings. The predicted molar refractivity (Wildman–Crippen MR) is 109 cm³/mol. The van der Waals surface area contributed by atoms with Crippen molar-refractivity contribution in [3.05, 3.63) is 40.9 Å². The third-order valence-electron chi connectivity index (χ3n) is 6.83. The number of aromatic nitrogens is 1. The number of hydrogen-bond donors (Lipinski definition) is 2. The Morgan fingerprint density at radius 3 is 2.21 bits per heavy atom. The van der Waals surface area contributed by atoms with Gasteiger partial charge in [0.05, 0.1) is 11.1 Å². The van der Waals surface area contributed by atoms with Gasteiger partial charge in [-0.05, 0) is 63.2 Å². The molecule has 5 nitrogen and oxygen atoms in total. The molecule has 0 aliphatic heterocycles. The Kier molecular flexibility index (Phi) is 4.27. The van der Waals surface area contributed by atoms with Crippen LogP contribution in [0.2, 0.25) is 0 Å². The summed E-state index contributed by atoms with van der Waals surface area (Å²) in [5.74, 6) is 1.82. The highest BCUT2D eigenvalue weighted by Gasteiger charge is 2.54. The fraction of sp³-hybridized carbons (Fsp3) is 0.500. The van der Waals surface area contributed by atoms with Crippen molar-refractivity contribution < 1.29 is 9.59 Å². The third kappa shape index (κ3) is 3.04. The maximum absolute atomic E-state index is 13.0. The van der Waals surface area contributed by atoms with Crippen LogP contribution in [-0.4, -0.2) is 16.8 Å². The van der Waals surface area contributed by atoms with Crippen molar-refractivity contribution in [2.75, 3.05) is 0 Å². The largest absolute Gasteiger partial charge is 0.281 e. The second kappa shape index (κ2) is 6.69. The fourth-order valence-corrected chi connectivity index (χ4v) is 6.97. The molecule has 0 radical (unpaired) electrons. The lowest BCUT2D eigenvalue weighted by Gasteiger charge is -2.55. The Morgan fingerprint density at radius 1 is 1.00 bits per heavy atom. The zero-order valence-electron chi connectivity index (χ0n) is 16.0. The molecule has 4 aliphatic carbocycles. The Hall–Kier alpha value is -2.21. The molecular formula is C22H25N3O2S. The van der Waals surface area contributed by atoms with E-state index in [1.165, 1.54) is 30.6 Å². The summed E-state index contributed by atoms with van der Waals surface area (Å²) in [6.45, 7) is 1.83. The molecule has 6 rings (SSSR count). The minimum Gasteiger partial charge on any atom is -0.273 e. The monoisotopic (exact) mass is 395 g/mol. The fourth-order valence-electron chi connectivity index (χ4n) is 6.00. The third-order valence-corrected chi connectivity index (χ3v) is 8.04. The van der Waals surface area contributed by atoms with E-state index in [1.54, 1.807) is 0 Å². The maximum Gasteiger partial charge on any atom is 0.281 e. The van der Waals surface area contributed by atoms with Crippen molar-refractivity contribution in [2.24, 2.45) is 23.2 Å². The zero-order valence-corrected chi connectivity index (χ0v) is 16.8. The molecule has 1 aromatic heterocycles. The van der Waals surface area contributed by atoms with E-state index in [4.69, 9.17) is 0 Å². The molecule has 4 bridgehead atoms. The highest BCUT2D eigenvalue weighted by atomic mass is 32.1. The summed E-state index contributed by atoms with van der Waals surface area (Å²) >= 11 is 1.36. The van der Waals surface area contributed by atoms with Gasteiger partial charge in [-0.1, -0.05) is 30.3 Å². The van der Waals surface area contributed by atoms with E-state index in [0.717, 1.165) is 29.8 Å². The molecule has 1 heterocycles. The number of benzene rings is 1. The Bertz CT molecular complexity index is 886. The second-order valence-electron chi connectivity index (χ2n) is 8.91. The van der Waals surface area contributed by atoms with Gasteiger partial charge in [0.2, 0.25) is 5.91 Å². The summed E-state index contributed by atoms with van der Waals surface area (Å²) in [5, 5.41) is 0.815. The van der Waals surface area contributed by atoms with Gasteiger partial charge in [-0.3, -0.25) is 20.4 Å². The molecule has 0 unspecified atom stereocenters. The van der Waals surface area contributed by atoms with Crippen LogP contribution in [0.3, 0.4) is 0 Å². The Labute approximate surface area is 168 Å². The Balaban J connectivity index is 1.27. The molecule has 2 N–H and O–H groups in total. The predicted octanol–water partition coefficient (Wildman–Crippen LogP) is 4.10. The van der Waals surface area contributed by atoms with Crippen LogP contribution in [0.4, 0.5) is 0 Å². The summed E-state index contributed by atoms with van der Waals surface area (Å²) in [5.41, 5.74) is 6.83. The maximum atomic E-state index is 13.0. The van der Waals surface area contributed by atoms with Gasteiger partial charge < -0.3 is 0 Å². The summed E-state index contributed by atoms with van der Waals surface area (Å²) < 4.78 is 0. The van der Waals surface area contributed by atoms with Gasteiger partial charge in [0, 0.05) is 5.56 Å². The molecule has 2 aromatic rings. The highest BCUT2D eigenvalue weighted by molar-refractivity contribution is 7.17. The average molecular weight is 396 g/mol. The minimum absolute atomic E-state index is 0.00500. The summed E-state index contributed by atoms with van der Waals surface area (Å²) in [4.78, 5) is 30.8. The molecule has 0 atom stereocenters. The van der Waals surface area contributed by atoms with Crippen LogP contribution in [0.25, 0.3) is 10.6 Å². The first kappa shape index (κ1) is 17.9. The number of aryl methyl sites for hydroxylation is 1. The van der Waals surface area contributed by atoms with Gasteiger partial charge in [0.15, 0.2) is 0 Å². The van der Waals surface area contributed by atoms with Gasteiger partial charge in [0.1, 0.15) is 9.88 Å². The average Bonchev–Trinajstić information content (AvgIpc) is 3.07. The van der Waals surface area contributed by atoms with E-state index in [9.17, 15) is 9.59 Å². The number of carbonyl (C=O) groups is 2. The quantitative estimate of drug-likeness (QED) is 0.769. The van der Waals surface area contributed by atoms with E-state index < -0.39 is 0 Å². The first-order valence-electron chi connectivity index (χ1n) is 10.2. The van der Waals surface area contributed by atoms with Crippen molar-refractivity contribution in [3.8, 4) is 10.6 Å². The van der Waals surface area contributed by atoms with Crippen LogP contribution in [0.1, 0.15) is 53.9 Å². The normalized spacial score (nSPS) is 30.2. The van der Waals surface area contributed by atoms with Crippen molar-refractivity contribution >= 4 is 23.2 Å². The smallest absolute Gasteiger partial charge is 0.273 e. The second-order valence-corrected chi connectivity index (χ2v) is 9.90. The lowest BCUT2D eigenvalue weighted by Crippen LogP contribution is -2.56. The van der Waals surface area contributed by atoms with Gasteiger partial charge in [-0.2, -0.15) is 0 Å². The summed E-state index contributed by atoms with van der Waals surface area (Å²) in [7, 11) is 0. The highest BCUT2D eigenvalue weighted by Crippen LogP contribution is 2.60. The van der Waals surface area contributed by atoms with Crippen LogP contribution in [0.5, 0.6) is 0 Å². The van der Waals surface area contributed by atoms with Crippen LogP contribution in [0.15, 0.2) is 30.3 Å². The van der Waals surface area contributed by atoms with Crippen molar-refractivity contribution in [3.63, 3.8) is 0 Å². The Morgan fingerprint density at radius 2 is 1.61 bits per heavy atom. The molecule has 4 saturated carbocycles. The van der Waals surface area contributed by atoms with Gasteiger partial charge in [-0.15, -0.1) is 11.3 Å². The van der Waals surface area contributed by atoms with Crippen molar-refractivity contribution in [1.82, 2.24) is 15.8 Å². The van der Waals surface area contributed by atoms with Crippen LogP contribution in [0, 0.1) is 30.1 Å². The van der Waals surface area contributed by atoms with Crippen LogP contribution < -0.4 is 10.9 Å². The molecule has 146 valence electrons. The van der Waals surface area contributed by atoms with Crippen molar-refractivity contribution in [2.45, 2.75) is 45.4 Å². The standard InChI is InChI=1S/C22H25N3O2S/c1-13-18(28-20(23-13)17-5-3-2-4-6-17)19(26)24-25-21(27)22-10-14-7-15(11-22)9-16(8-14)12-22/h2-6,14-16H,7-12H2,1H3,(H,24,26)(H,25,27). The lowest BCUT2D eigenvalue weighted by atomic mass is 9.49. The van der Waals surface area contributed by atoms with Crippen molar-refractivity contribution in [1.29, 1.82) is 0 Å². The number of amides is 2. The van der Waals surface area contributed by atoms with E-state index in [1.807, 2.05) is 37.3 Å². The topological polar surface area (TPSA) is 71.1 Å². The molecule has 2 amide bonds. The molecule has 6 heteroatoms. The van der Waals surface area contributed by atoms with E-state index in [2.05, 4.69) is 15.8 Å². The minimum atomic E-state index is -0.282. The van der Waals surface area contributed by atoms with Gasteiger partial charge in [0.25, 0.3) is 5.91 Å². The number of thiazole rings is 1. The van der Waals surface area contributed by atoms with E-state index >= 15 is 0 Å². The van der Waals surface area contributed by atoms with Gasteiger partial charge >= 0.3 is 0 Å².